The minimum Gasteiger partial charge on any atom is -0.465 e. The maximum atomic E-state index is 12.7. The van der Waals surface area contributed by atoms with E-state index >= 15 is 0 Å². The second-order valence-corrected chi connectivity index (χ2v) is 13.1. The highest BCUT2D eigenvalue weighted by Gasteiger charge is 2.85. The van der Waals surface area contributed by atoms with E-state index in [0.717, 1.165) is 0 Å². The van der Waals surface area contributed by atoms with Crippen LogP contribution in [0.15, 0.2) is 11.6 Å². The molecule has 238 valence electrons. The molecule has 5 aliphatic rings. The number of ether oxygens (including phenoxy) is 6. The van der Waals surface area contributed by atoms with Crippen molar-refractivity contribution in [3.8, 4) is 0 Å². The zero-order valence-electron chi connectivity index (χ0n) is 24.3. The third-order valence-electron chi connectivity index (χ3n) is 9.86. The van der Waals surface area contributed by atoms with Gasteiger partial charge in [-0.15, -0.1) is 0 Å². The first-order valence-corrected chi connectivity index (χ1v) is 14.2. The van der Waals surface area contributed by atoms with E-state index < -0.39 is 102 Å². The molecule has 3 aliphatic heterocycles. The van der Waals surface area contributed by atoms with Crippen LogP contribution >= 0.6 is 0 Å². The van der Waals surface area contributed by atoms with Crippen molar-refractivity contribution < 1.29 is 68.6 Å². The van der Waals surface area contributed by atoms with Gasteiger partial charge in [0.2, 0.25) is 0 Å². The summed E-state index contributed by atoms with van der Waals surface area (Å²) >= 11 is 0. The summed E-state index contributed by atoms with van der Waals surface area (Å²) in [5, 5.41) is 62.9. The Morgan fingerprint density at radius 1 is 1.12 bits per heavy atom. The molecule has 1 saturated carbocycles. The number of epoxide rings is 1. The first kappa shape index (κ1) is 31.7. The molecule has 1 spiro atoms. The normalized spacial score (nSPS) is 47.9. The molecule has 0 aromatic carbocycles. The largest absolute Gasteiger partial charge is 0.465 e. The van der Waals surface area contributed by atoms with E-state index in [1.807, 2.05) is 0 Å². The van der Waals surface area contributed by atoms with Gasteiger partial charge in [-0.2, -0.15) is 0 Å². The monoisotopic (exact) mass is 602 g/mol. The van der Waals surface area contributed by atoms with Crippen molar-refractivity contribution in [3.63, 3.8) is 0 Å². The Balaban J connectivity index is 1.50. The third kappa shape index (κ3) is 4.80. The quantitative estimate of drug-likeness (QED) is 0.101. The molecule has 0 amide bonds. The van der Waals surface area contributed by atoms with E-state index in [0.29, 0.717) is 5.57 Å². The first-order chi connectivity index (χ1) is 19.5. The summed E-state index contributed by atoms with van der Waals surface area (Å²) in [5.74, 6) is -1.20. The molecule has 4 fully saturated rings. The lowest BCUT2D eigenvalue weighted by Crippen LogP contribution is -2.67. The Morgan fingerprint density at radius 3 is 2.36 bits per heavy atom. The number of fused-ring (bicyclic) bond motifs is 2. The highest BCUT2D eigenvalue weighted by molar-refractivity contribution is 5.71. The highest BCUT2D eigenvalue weighted by Crippen LogP contribution is 2.72. The molecule has 13 atom stereocenters. The van der Waals surface area contributed by atoms with Crippen molar-refractivity contribution in [2.75, 3.05) is 19.8 Å². The molecule has 3 saturated heterocycles. The van der Waals surface area contributed by atoms with Crippen LogP contribution in [0.3, 0.4) is 0 Å². The number of rotatable bonds is 8. The van der Waals surface area contributed by atoms with Gasteiger partial charge in [0.1, 0.15) is 54.9 Å². The summed E-state index contributed by atoms with van der Waals surface area (Å²) in [6.07, 6.45) is -11.1. The van der Waals surface area contributed by atoms with Crippen LogP contribution in [0.5, 0.6) is 0 Å². The van der Waals surface area contributed by atoms with Crippen LogP contribution in [0.4, 0.5) is 0 Å². The van der Waals surface area contributed by atoms with Crippen molar-refractivity contribution in [2.45, 2.75) is 120 Å². The van der Waals surface area contributed by atoms with Gasteiger partial charge in [-0.3, -0.25) is 9.59 Å². The van der Waals surface area contributed by atoms with Crippen LogP contribution in [-0.2, 0) is 38.0 Å². The van der Waals surface area contributed by atoms with Gasteiger partial charge in [0.05, 0.1) is 37.4 Å². The molecule has 14 nitrogen and oxygen atoms in total. The smallest absolute Gasteiger partial charge is 0.309 e. The Kier molecular flexibility index (Phi) is 8.09. The molecular formula is C28H42O14. The lowest BCUT2D eigenvalue weighted by Gasteiger charge is -2.58. The number of aliphatic hydroxyl groups is 6. The zero-order valence-corrected chi connectivity index (χ0v) is 24.3. The predicted octanol–water partition coefficient (Wildman–Crippen LogP) is -1.94. The van der Waals surface area contributed by atoms with Crippen molar-refractivity contribution in [1.29, 1.82) is 0 Å². The number of carbonyl (C=O) groups excluding carboxylic acids is 2. The standard InChI is InChI=1S/C28H42O14/c1-12-6-16-27(10-37-13(2)30,7-14(12)39-17(31)8-25(3,4)36)26(5)22(35)21(23(41-16)28(26)11-38-28)42-24-20(34)19(33)18(32)15(9-29)40-24/h6,14-16,18-24,29,32-36H,7-11H2,1-5H3/t14-,15+,16+,18+,19-,20+,21+,22+,23+,24-,26+,27+,28-/m0/s1. The molecule has 3 heterocycles. The van der Waals surface area contributed by atoms with Crippen molar-refractivity contribution in [1.82, 2.24) is 0 Å². The zero-order chi connectivity index (χ0) is 31.0. The van der Waals surface area contributed by atoms with Crippen LogP contribution in [0.25, 0.3) is 0 Å². The third-order valence-corrected chi connectivity index (χ3v) is 9.86. The van der Waals surface area contributed by atoms with E-state index in [1.165, 1.54) is 20.8 Å². The van der Waals surface area contributed by atoms with Gasteiger partial charge in [-0.25, -0.2) is 0 Å². The molecule has 2 bridgehead atoms. The van der Waals surface area contributed by atoms with Gasteiger partial charge in [-0.05, 0) is 26.3 Å². The summed E-state index contributed by atoms with van der Waals surface area (Å²) in [7, 11) is 0. The maximum absolute atomic E-state index is 12.7. The predicted molar refractivity (Wildman–Crippen MR) is 138 cm³/mol. The van der Waals surface area contributed by atoms with Crippen molar-refractivity contribution in [2.24, 2.45) is 10.8 Å². The molecule has 42 heavy (non-hydrogen) atoms. The van der Waals surface area contributed by atoms with E-state index in [1.54, 1.807) is 19.9 Å². The SMILES string of the molecule is CC(=O)OC[C@]12C[C@H](OC(=O)CC(C)(C)O)C(C)=C[C@H]1O[C@@H]1[C@H](O[C@@H]3O[C@H](CO)[C@@H](O)[C@H](O)[C@H]3O)[C@@H](O)[C@@]2(C)[C@]12CO2. The Bertz CT molecular complexity index is 1100. The van der Waals surface area contributed by atoms with E-state index in [4.69, 9.17) is 28.4 Å². The molecule has 0 aromatic rings. The fourth-order valence-corrected chi connectivity index (χ4v) is 7.39. The highest BCUT2D eigenvalue weighted by atomic mass is 16.7. The average Bonchev–Trinajstić information content (AvgIpc) is 3.68. The average molecular weight is 603 g/mol. The fraction of sp³-hybridized carbons (Fsp3) is 0.857. The number of carbonyl (C=O) groups is 2. The molecule has 2 aliphatic carbocycles. The van der Waals surface area contributed by atoms with Gasteiger partial charge < -0.3 is 59.1 Å². The molecule has 0 radical (unpaired) electrons. The summed E-state index contributed by atoms with van der Waals surface area (Å²) in [6.45, 7) is 7.07. The summed E-state index contributed by atoms with van der Waals surface area (Å²) in [6, 6.07) is 0. The Hall–Kier alpha value is -1.72. The second kappa shape index (κ2) is 10.7. The van der Waals surface area contributed by atoms with Crippen LogP contribution in [0.1, 0.15) is 47.5 Å². The van der Waals surface area contributed by atoms with Gasteiger partial charge in [0, 0.05) is 24.2 Å². The summed E-state index contributed by atoms with van der Waals surface area (Å²) in [4.78, 5) is 24.8. The van der Waals surface area contributed by atoms with E-state index in [2.05, 4.69) is 0 Å². The number of hydrogen-bond donors (Lipinski definition) is 6. The molecule has 6 N–H and O–H groups in total. The maximum Gasteiger partial charge on any atom is 0.309 e. The van der Waals surface area contributed by atoms with E-state index in [-0.39, 0.29) is 26.1 Å². The van der Waals surface area contributed by atoms with Crippen LogP contribution in [0, 0.1) is 10.8 Å². The number of aliphatic hydroxyl groups excluding tert-OH is 5. The van der Waals surface area contributed by atoms with Crippen molar-refractivity contribution >= 4 is 11.9 Å². The minimum atomic E-state index is -1.71. The molecule has 0 aromatic heterocycles. The second-order valence-electron chi connectivity index (χ2n) is 13.1. The fourth-order valence-electron chi connectivity index (χ4n) is 7.39. The summed E-state index contributed by atoms with van der Waals surface area (Å²) < 4.78 is 35.6. The number of esters is 2. The first-order valence-electron chi connectivity index (χ1n) is 14.2. The van der Waals surface area contributed by atoms with Gasteiger partial charge >= 0.3 is 11.9 Å². The Labute approximate surface area is 243 Å². The number of hydrogen-bond acceptors (Lipinski definition) is 14. The van der Waals surface area contributed by atoms with E-state index in [9.17, 15) is 40.2 Å². The Morgan fingerprint density at radius 2 is 1.79 bits per heavy atom. The van der Waals surface area contributed by atoms with Crippen LogP contribution in [0.2, 0.25) is 0 Å². The van der Waals surface area contributed by atoms with Crippen molar-refractivity contribution in [3.05, 3.63) is 11.6 Å². The van der Waals surface area contributed by atoms with Crippen LogP contribution in [-0.4, -0.2) is 135 Å². The molecule has 0 unspecified atom stereocenters. The lowest BCUT2D eigenvalue weighted by molar-refractivity contribution is -0.322. The summed E-state index contributed by atoms with van der Waals surface area (Å²) in [5.41, 5.74) is -4.14. The van der Waals surface area contributed by atoms with Gasteiger partial charge in [-0.1, -0.05) is 13.0 Å². The van der Waals surface area contributed by atoms with Gasteiger partial charge in [0.15, 0.2) is 6.29 Å². The molecule has 5 rings (SSSR count). The molecular weight excluding hydrogens is 560 g/mol. The van der Waals surface area contributed by atoms with Crippen LogP contribution < -0.4 is 0 Å². The minimum absolute atomic E-state index is 0.0863. The van der Waals surface area contributed by atoms with Gasteiger partial charge in [0.25, 0.3) is 0 Å². The topological polar surface area (TPSA) is 214 Å². The molecule has 14 heteroatoms. The lowest BCUT2D eigenvalue weighted by atomic mass is 9.51.